The van der Waals surface area contributed by atoms with Crippen molar-refractivity contribution in [3.05, 3.63) is 29.4 Å². The number of hydrogen-bond donors (Lipinski definition) is 1. The molecule has 0 saturated carbocycles. The minimum absolute atomic E-state index is 0.321. The van der Waals surface area contributed by atoms with E-state index in [9.17, 15) is 5.11 Å². The Morgan fingerprint density at radius 1 is 1.54 bits per heavy atom. The lowest BCUT2D eigenvalue weighted by atomic mass is 10.1. The van der Waals surface area contributed by atoms with Gasteiger partial charge in [0.05, 0.1) is 11.8 Å². The van der Waals surface area contributed by atoms with Crippen LogP contribution in [0.5, 0.6) is 0 Å². The van der Waals surface area contributed by atoms with E-state index < -0.39 is 0 Å². The molecule has 0 bridgehead atoms. The van der Waals surface area contributed by atoms with E-state index in [0.717, 1.165) is 5.69 Å². The maximum absolute atomic E-state index is 9.27. The van der Waals surface area contributed by atoms with Crippen LogP contribution in [0.25, 0.3) is 10.1 Å². The van der Waals surface area contributed by atoms with E-state index in [1.165, 1.54) is 10.1 Å². The highest BCUT2D eigenvalue weighted by Crippen LogP contribution is 2.23. The van der Waals surface area contributed by atoms with Crippen LogP contribution in [0.4, 0.5) is 0 Å². The Morgan fingerprint density at radius 2 is 2.38 bits per heavy atom. The lowest BCUT2D eigenvalue weighted by molar-refractivity contribution is 0.194. The van der Waals surface area contributed by atoms with E-state index in [-0.39, 0.29) is 6.10 Å². The average Bonchev–Trinajstić information content (AvgIpc) is 2.51. The molecule has 3 heteroatoms. The van der Waals surface area contributed by atoms with Gasteiger partial charge < -0.3 is 5.11 Å². The number of nitrogens with zero attached hydrogens (tertiary/aromatic N) is 1. The zero-order valence-electron chi connectivity index (χ0n) is 7.40. The fourth-order valence-electron chi connectivity index (χ4n) is 1.40. The van der Waals surface area contributed by atoms with Crippen molar-refractivity contribution in [2.75, 3.05) is 0 Å². The zero-order chi connectivity index (χ0) is 9.26. The quantitative estimate of drug-likeness (QED) is 0.793. The number of rotatable bonds is 2. The molecule has 0 fully saturated rings. The average molecular weight is 193 g/mol. The van der Waals surface area contributed by atoms with Crippen molar-refractivity contribution in [2.24, 2.45) is 0 Å². The maximum atomic E-state index is 9.27. The highest BCUT2D eigenvalue weighted by atomic mass is 32.1. The van der Waals surface area contributed by atoms with Crippen molar-refractivity contribution in [1.82, 2.24) is 4.98 Å². The Bertz CT molecular complexity index is 408. The van der Waals surface area contributed by atoms with Crippen molar-refractivity contribution in [3.63, 3.8) is 0 Å². The molecule has 0 saturated heterocycles. The van der Waals surface area contributed by atoms with Crippen LogP contribution in [0.15, 0.2) is 23.7 Å². The van der Waals surface area contributed by atoms with Crippen LogP contribution in [0.2, 0.25) is 0 Å². The first-order valence-electron chi connectivity index (χ1n) is 4.26. The number of hydrogen-bond acceptors (Lipinski definition) is 3. The molecule has 0 amide bonds. The lowest BCUT2D eigenvalue weighted by Crippen LogP contribution is -2.05. The van der Waals surface area contributed by atoms with Crippen molar-refractivity contribution in [1.29, 1.82) is 0 Å². The van der Waals surface area contributed by atoms with E-state index in [1.807, 2.05) is 6.07 Å². The SMILES string of the molecule is CC(O)Cc1nccc2sccc12. The first kappa shape index (κ1) is 8.66. The molecule has 0 aromatic carbocycles. The van der Waals surface area contributed by atoms with Crippen LogP contribution in [-0.4, -0.2) is 16.2 Å². The van der Waals surface area contributed by atoms with Crippen molar-refractivity contribution >= 4 is 21.4 Å². The molecule has 2 nitrogen and oxygen atoms in total. The number of aromatic nitrogens is 1. The molecule has 1 unspecified atom stereocenters. The van der Waals surface area contributed by atoms with Gasteiger partial charge in [0, 0.05) is 22.7 Å². The normalized spacial score (nSPS) is 13.4. The van der Waals surface area contributed by atoms with Gasteiger partial charge in [-0.25, -0.2) is 0 Å². The fraction of sp³-hybridized carbons (Fsp3) is 0.300. The second-order valence-electron chi connectivity index (χ2n) is 3.14. The first-order valence-corrected chi connectivity index (χ1v) is 5.14. The summed E-state index contributed by atoms with van der Waals surface area (Å²) in [5.74, 6) is 0. The van der Waals surface area contributed by atoms with Gasteiger partial charge in [-0.05, 0) is 24.4 Å². The summed E-state index contributed by atoms with van der Waals surface area (Å²) in [4.78, 5) is 4.27. The Balaban J connectivity index is 2.48. The van der Waals surface area contributed by atoms with E-state index in [0.29, 0.717) is 6.42 Å². The summed E-state index contributed by atoms with van der Waals surface area (Å²) in [6.45, 7) is 1.78. The van der Waals surface area contributed by atoms with Crippen molar-refractivity contribution < 1.29 is 5.11 Å². The van der Waals surface area contributed by atoms with Gasteiger partial charge >= 0.3 is 0 Å². The third kappa shape index (κ3) is 1.71. The maximum Gasteiger partial charge on any atom is 0.0567 e. The minimum Gasteiger partial charge on any atom is -0.393 e. The Labute approximate surface area is 80.9 Å². The van der Waals surface area contributed by atoms with E-state index in [1.54, 1.807) is 24.5 Å². The van der Waals surface area contributed by atoms with Crippen LogP contribution in [0.3, 0.4) is 0 Å². The zero-order valence-corrected chi connectivity index (χ0v) is 8.21. The molecule has 0 aliphatic heterocycles. The fourth-order valence-corrected chi connectivity index (χ4v) is 2.20. The molecule has 2 heterocycles. The predicted molar refractivity (Wildman–Crippen MR) is 55.0 cm³/mol. The lowest BCUT2D eigenvalue weighted by Gasteiger charge is -2.03. The first-order chi connectivity index (χ1) is 6.27. The molecule has 2 aromatic rings. The molecule has 2 aromatic heterocycles. The second kappa shape index (κ2) is 3.44. The number of pyridine rings is 1. The van der Waals surface area contributed by atoms with Gasteiger partial charge in [-0.2, -0.15) is 0 Å². The van der Waals surface area contributed by atoms with Gasteiger partial charge in [0.2, 0.25) is 0 Å². The molecule has 0 spiro atoms. The summed E-state index contributed by atoms with van der Waals surface area (Å²) in [6, 6.07) is 4.07. The van der Waals surface area contributed by atoms with Gasteiger partial charge in [-0.3, -0.25) is 4.98 Å². The third-order valence-corrected chi connectivity index (χ3v) is 2.83. The van der Waals surface area contributed by atoms with E-state index in [4.69, 9.17) is 0 Å². The van der Waals surface area contributed by atoms with E-state index >= 15 is 0 Å². The van der Waals surface area contributed by atoms with Gasteiger partial charge in [0.15, 0.2) is 0 Å². The van der Waals surface area contributed by atoms with Crippen molar-refractivity contribution in [2.45, 2.75) is 19.4 Å². The molecular weight excluding hydrogens is 182 g/mol. The second-order valence-corrected chi connectivity index (χ2v) is 4.09. The summed E-state index contributed by atoms with van der Waals surface area (Å²) in [5, 5.41) is 12.5. The Kier molecular flexibility index (Phi) is 2.29. The molecule has 13 heavy (non-hydrogen) atoms. The summed E-state index contributed by atoms with van der Waals surface area (Å²) in [6.07, 6.45) is 2.11. The highest BCUT2D eigenvalue weighted by molar-refractivity contribution is 7.17. The molecule has 0 aliphatic carbocycles. The smallest absolute Gasteiger partial charge is 0.0567 e. The van der Waals surface area contributed by atoms with Crippen LogP contribution in [0.1, 0.15) is 12.6 Å². The highest BCUT2D eigenvalue weighted by Gasteiger charge is 2.05. The minimum atomic E-state index is -0.321. The summed E-state index contributed by atoms with van der Waals surface area (Å²) >= 11 is 1.71. The summed E-state index contributed by atoms with van der Waals surface area (Å²) in [5.41, 5.74) is 0.994. The largest absolute Gasteiger partial charge is 0.393 e. The third-order valence-electron chi connectivity index (χ3n) is 1.95. The van der Waals surface area contributed by atoms with E-state index in [2.05, 4.69) is 16.4 Å². The molecule has 0 radical (unpaired) electrons. The van der Waals surface area contributed by atoms with Crippen LogP contribution in [-0.2, 0) is 6.42 Å². The molecule has 1 atom stereocenters. The number of aliphatic hydroxyl groups is 1. The van der Waals surface area contributed by atoms with Gasteiger partial charge in [-0.1, -0.05) is 0 Å². The number of fused-ring (bicyclic) bond motifs is 1. The topological polar surface area (TPSA) is 33.1 Å². The monoisotopic (exact) mass is 193 g/mol. The Morgan fingerprint density at radius 3 is 3.15 bits per heavy atom. The van der Waals surface area contributed by atoms with Gasteiger partial charge in [0.1, 0.15) is 0 Å². The molecule has 1 N–H and O–H groups in total. The van der Waals surface area contributed by atoms with Crippen LogP contribution >= 0.6 is 11.3 Å². The summed E-state index contributed by atoms with van der Waals surface area (Å²) < 4.78 is 1.24. The molecule has 0 aliphatic rings. The molecule has 2 rings (SSSR count). The number of aliphatic hydroxyl groups excluding tert-OH is 1. The standard InChI is InChI=1S/C10H11NOS/c1-7(12)6-9-8-3-5-13-10(8)2-4-11-9/h2-5,7,12H,6H2,1H3. The van der Waals surface area contributed by atoms with Gasteiger partial charge in [-0.15, -0.1) is 11.3 Å². The van der Waals surface area contributed by atoms with Gasteiger partial charge in [0.25, 0.3) is 0 Å². The Hall–Kier alpha value is -0.930. The van der Waals surface area contributed by atoms with Crippen LogP contribution < -0.4 is 0 Å². The predicted octanol–water partition coefficient (Wildman–Crippen LogP) is 2.22. The summed E-state index contributed by atoms with van der Waals surface area (Å²) in [7, 11) is 0. The number of thiophene rings is 1. The molecular formula is C10H11NOS. The van der Waals surface area contributed by atoms with Crippen LogP contribution in [0, 0.1) is 0 Å². The molecule has 68 valence electrons. The van der Waals surface area contributed by atoms with Crippen molar-refractivity contribution in [3.8, 4) is 0 Å².